The molecule has 32 heavy (non-hydrogen) atoms. The number of carbonyl (C=O) groups is 1. The van der Waals surface area contributed by atoms with E-state index in [4.69, 9.17) is 9.72 Å². The Bertz CT molecular complexity index is 1280. The van der Waals surface area contributed by atoms with Crippen molar-refractivity contribution >= 4 is 33.8 Å². The van der Waals surface area contributed by atoms with Crippen LogP contribution in [-0.4, -0.2) is 57.9 Å². The van der Waals surface area contributed by atoms with Crippen molar-refractivity contribution in [3.05, 3.63) is 60.3 Å². The fourth-order valence-corrected chi connectivity index (χ4v) is 4.15. The van der Waals surface area contributed by atoms with Crippen molar-refractivity contribution in [3.8, 4) is 5.75 Å². The molecule has 0 saturated carbocycles. The molecule has 0 radical (unpaired) electrons. The quantitative estimate of drug-likeness (QED) is 0.456. The molecule has 8 heteroatoms. The molecule has 4 aromatic rings. The van der Waals surface area contributed by atoms with Crippen LogP contribution in [0.15, 0.2) is 54.7 Å². The predicted octanol–water partition coefficient (Wildman–Crippen LogP) is 2.50. The number of β-amino-alcohol motifs (C(OH)–C–C–N with tert-alkyl or cyclic N) is 1. The van der Waals surface area contributed by atoms with Crippen LogP contribution in [0.25, 0.3) is 21.9 Å². The zero-order valence-corrected chi connectivity index (χ0v) is 17.9. The summed E-state index contributed by atoms with van der Waals surface area (Å²) in [5.41, 5.74) is 3.07. The Kier molecular flexibility index (Phi) is 5.36. The van der Waals surface area contributed by atoms with Gasteiger partial charge >= 0.3 is 0 Å². The monoisotopic (exact) mass is 431 g/mol. The Balaban J connectivity index is 1.23. The normalized spacial score (nSPS) is 16.1. The maximum Gasteiger partial charge on any atom is 0.251 e. The molecule has 0 unspecified atom stereocenters. The summed E-state index contributed by atoms with van der Waals surface area (Å²) >= 11 is 0. The van der Waals surface area contributed by atoms with Crippen LogP contribution in [0.3, 0.4) is 0 Å². The standard InChI is InChI=1S/C24H25N5O3/c1-28-20-8-7-17(14-19(20)27-24(28)29-12-9-18(30)15-29)23(31)26-11-13-32-21-6-2-4-16-5-3-10-25-22(16)21/h2-8,10,14,18,30H,9,11-13,15H2,1H3,(H,26,31)/t18-/m0/s1. The number of benzene rings is 2. The number of aryl methyl sites for hydroxylation is 1. The first-order valence-electron chi connectivity index (χ1n) is 10.7. The van der Waals surface area contributed by atoms with Crippen LogP contribution in [0.2, 0.25) is 0 Å². The number of aliphatic hydroxyl groups is 1. The average Bonchev–Trinajstić information content (AvgIpc) is 3.39. The van der Waals surface area contributed by atoms with E-state index in [0.717, 1.165) is 40.9 Å². The second kappa shape index (κ2) is 8.47. The van der Waals surface area contributed by atoms with E-state index in [1.165, 1.54) is 0 Å². The molecular formula is C24H25N5O3. The predicted molar refractivity (Wildman–Crippen MR) is 123 cm³/mol. The molecule has 2 N–H and O–H groups in total. The second-order valence-electron chi connectivity index (χ2n) is 8.00. The van der Waals surface area contributed by atoms with Gasteiger partial charge in [0.15, 0.2) is 0 Å². The summed E-state index contributed by atoms with van der Waals surface area (Å²) < 4.78 is 7.84. The summed E-state index contributed by atoms with van der Waals surface area (Å²) in [6.45, 7) is 2.07. The van der Waals surface area contributed by atoms with Gasteiger partial charge in [-0.3, -0.25) is 9.78 Å². The number of anilines is 1. The molecule has 1 atom stereocenters. The van der Waals surface area contributed by atoms with E-state index in [0.29, 0.717) is 31.0 Å². The van der Waals surface area contributed by atoms with Gasteiger partial charge in [-0.15, -0.1) is 0 Å². The Morgan fingerprint density at radius 1 is 1.25 bits per heavy atom. The van der Waals surface area contributed by atoms with Crippen LogP contribution in [0.4, 0.5) is 5.95 Å². The van der Waals surface area contributed by atoms with Gasteiger partial charge < -0.3 is 24.6 Å². The lowest BCUT2D eigenvalue weighted by molar-refractivity contribution is 0.0947. The molecular weight excluding hydrogens is 406 g/mol. The van der Waals surface area contributed by atoms with Crippen molar-refractivity contribution in [2.75, 3.05) is 31.1 Å². The van der Waals surface area contributed by atoms with E-state index in [1.54, 1.807) is 18.3 Å². The zero-order valence-electron chi connectivity index (χ0n) is 17.9. The maximum atomic E-state index is 12.6. The molecule has 0 bridgehead atoms. The van der Waals surface area contributed by atoms with Crippen LogP contribution in [0.5, 0.6) is 5.75 Å². The highest BCUT2D eigenvalue weighted by Gasteiger charge is 2.24. The number of hydrogen-bond acceptors (Lipinski definition) is 6. The first kappa shape index (κ1) is 20.3. The van der Waals surface area contributed by atoms with E-state index >= 15 is 0 Å². The highest BCUT2D eigenvalue weighted by molar-refractivity contribution is 5.97. The van der Waals surface area contributed by atoms with Gasteiger partial charge in [0.2, 0.25) is 5.95 Å². The molecule has 164 valence electrons. The van der Waals surface area contributed by atoms with Gasteiger partial charge in [0.05, 0.1) is 23.7 Å². The fourth-order valence-electron chi connectivity index (χ4n) is 4.15. The lowest BCUT2D eigenvalue weighted by Gasteiger charge is -2.16. The number of aromatic nitrogens is 3. The van der Waals surface area contributed by atoms with Crippen molar-refractivity contribution in [2.45, 2.75) is 12.5 Å². The summed E-state index contributed by atoms with van der Waals surface area (Å²) in [5.74, 6) is 1.34. The number of aliphatic hydroxyl groups excluding tert-OH is 1. The summed E-state index contributed by atoms with van der Waals surface area (Å²) in [4.78, 5) is 23.8. The number of nitrogens with one attached hydrogen (secondary N) is 1. The van der Waals surface area contributed by atoms with E-state index in [1.807, 2.05) is 48.0 Å². The fraction of sp³-hybridized carbons (Fsp3) is 0.292. The highest BCUT2D eigenvalue weighted by Crippen LogP contribution is 2.25. The van der Waals surface area contributed by atoms with Gasteiger partial charge in [0.1, 0.15) is 17.9 Å². The molecule has 3 heterocycles. The minimum absolute atomic E-state index is 0.171. The molecule has 5 rings (SSSR count). The lowest BCUT2D eigenvalue weighted by atomic mass is 10.2. The van der Waals surface area contributed by atoms with Gasteiger partial charge in [-0.2, -0.15) is 0 Å². The number of pyridine rings is 1. The van der Waals surface area contributed by atoms with Gasteiger partial charge in [-0.1, -0.05) is 18.2 Å². The maximum absolute atomic E-state index is 12.6. The molecule has 1 fully saturated rings. The third kappa shape index (κ3) is 3.85. The van der Waals surface area contributed by atoms with Gasteiger partial charge in [-0.05, 0) is 36.8 Å². The average molecular weight is 431 g/mol. The number of fused-ring (bicyclic) bond motifs is 2. The Morgan fingerprint density at radius 3 is 2.97 bits per heavy atom. The van der Waals surface area contributed by atoms with Crippen molar-refractivity contribution in [1.82, 2.24) is 19.9 Å². The van der Waals surface area contributed by atoms with Crippen LogP contribution < -0.4 is 15.0 Å². The highest BCUT2D eigenvalue weighted by atomic mass is 16.5. The number of ether oxygens (including phenoxy) is 1. The molecule has 2 aromatic heterocycles. The molecule has 2 aromatic carbocycles. The van der Waals surface area contributed by atoms with Crippen LogP contribution in [0, 0.1) is 0 Å². The second-order valence-corrected chi connectivity index (χ2v) is 8.00. The lowest BCUT2D eigenvalue weighted by Crippen LogP contribution is -2.28. The molecule has 0 aliphatic carbocycles. The smallest absolute Gasteiger partial charge is 0.251 e. The molecule has 1 saturated heterocycles. The Morgan fingerprint density at radius 2 is 2.12 bits per heavy atom. The van der Waals surface area contributed by atoms with Crippen LogP contribution in [-0.2, 0) is 7.05 Å². The molecule has 0 spiro atoms. The molecule has 1 amide bonds. The Hall–Kier alpha value is -3.65. The van der Waals surface area contributed by atoms with Gasteiger partial charge in [-0.25, -0.2) is 4.98 Å². The number of imidazole rings is 1. The minimum atomic E-state index is -0.317. The molecule has 8 nitrogen and oxygen atoms in total. The number of rotatable bonds is 6. The summed E-state index contributed by atoms with van der Waals surface area (Å²) in [6, 6.07) is 15.2. The minimum Gasteiger partial charge on any atom is -0.489 e. The van der Waals surface area contributed by atoms with Crippen molar-refractivity contribution in [3.63, 3.8) is 0 Å². The van der Waals surface area contributed by atoms with Crippen molar-refractivity contribution in [2.24, 2.45) is 7.05 Å². The number of hydrogen-bond donors (Lipinski definition) is 2. The van der Waals surface area contributed by atoms with E-state index in [2.05, 4.69) is 15.2 Å². The largest absolute Gasteiger partial charge is 0.489 e. The third-order valence-electron chi connectivity index (χ3n) is 5.81. The van der Waals surface area contributed by atoms with E-state index in [9.17, 15) is 9.90 Å². The molecule has 1 aliphatic heterocycles. The van der Waals surface area contributed by atoms with Crippen molar-refractivity contribution in [1.29, 1.82) is 0 Å². The van der Waals surface area contributed by atoms with E-state index in [-0.39, 0.29) is 12.0 Å². The topological polar surface area (TPSA) is 92.5 Å². The van der Waals surface area contributed by atoms with Crippen molar-refractivity contribution < 1.29 is 14.6 Å². The summed E-state index contributed by atoms with van der Waals surface area (Å²) in [6.07, 6.45) is 2.17. The van der Waals surface area contributed by atoms with Crippen LogP contribution in [0.1, 0.15) is 16.8 Å². The summed E-state index contributed by atoms with van der Waals surface area (Å²) in [7, 11) is 1.95. The summed E-state index contributed by atoms with van der Waals surface area (Å²) in [5, 5.41) is 13.7. The Labute approximate surface area is 185 Å². The first-order chi connectivity index (χ1) is 15.6. The third-order valence-corrected chi connectivity index (χ3v) is 5.81. The molecule has 1 aliphatic rings. The van der Waals surface area contributed by atoms with Gasteiger partial charge in [0, 0.05) is 37.3 Å². The number of carbonyl (C=O) groups excluding carboxylic acids is 1. The zero-order chi connectivity index (χ0) is 22.1. The SMILES string of the molecule is Cn1c(N2CC[C@H](O)C2)nc2cc(C(=O)NCCOc3cccc4cccnc34)ccc21. The first-order valence-corrected chi connectivity index (χ1v) is 10.7. The van der Waals surface area contributed by atoms with E-state index < -0.39 is 0 Å². The number of nitrogens with zero attached hydrogens (tertiary/aromatic N) is 4. The number of para-hydroxylation sites is 1. The van der Waals surface area contributed by atoms with Gasteiger partial charge in [0.25, 0.3) is 5.91 Å². The number of amides is 1. The van der Waals surface area contributed by atoms with Crippen LogP contribution >= 0.6 is 0 Å².